The lowest BCUT2D eigenvalue weighted by atomic mass is 10.1. The number of alkyl halides is 2. The minimum atomic E-state index is -3.21. The van der Waals surface area contributed by atoms with Crippen LogP contribution < -0.4 is 20.9 Å². The monoisotopic (exact) mass is 399 g/mol. The molecule has 1 unspecified atom stereocenters. The summed E-state index contributed by atoms with van der Waals surface area (Å²) in [6.07, 6.45) is 1.43. The molecule has 1 aliphatic heterocycles. The summed E-state index contributed by atoms with van der Waals surface area (Å²) < 4.78 is 50.4. The molecule has 1 aromatic heterocycles. The van der Waals surface area contributed by atoms with Gasteiger partial charge in [-0.25, -0.2) is 18.0 Å². The number of hydrogen-bond donors (Lipinski definition) is 2. The first kappa shape index (κ1) is 18.9. The van der Waals surface area contributed by atoms with E-state index in [4.69, 9.17) is 4.74 Å². The number of aryl methyl sites for hydroxylation is 1. The number of hydrogen-bond acceptors (Lipinski definition) is 5. The zero-order valence-electron chi connectivity index (χ0n) is 15.4. The Labute approximate surface area is 157 Å². The number of anilines is 1. The number of halogens is 3. The lowest BCUT2D eigenvalue weighted by Crippen LogP contribution is -2.32. The van der Waals surface area contributed by atoms with Crippen molar-refractivity contribution in [2.75, 3.05) is 31.7 Å². The molecule has 1 aliphatic carbocycles. The molecule has 1 saturated heterocycles. The molecule has 152 valence electrons. The Bertz CT molecular complexity index is 1070. The standard InChI is InChI=1S/C18H20F3N3O4/c1-8-11-13(24(10-3-4-10)17(27)22-16(11)26)15(28-2)14(12(8)19)23-5-9(6-25)18(20,21)7-23/h9-10,25H,3-7H2,1-2H3,(H,22,26,27). The number of aromatic nitrogens is 2. The molecule has 0 spiro atoms. The predicted octanol–water partition coefficient (Wildman–Crippen LogP) is 1.54. The highest BCUT2D eigenvalue weighted by Gasteiger charge is 2.49. The highest BCUT2D eigenvalue weighted by molar-refractivity contribution is 5.93. The molecular formula is C18H20F3N3O4. The predicted molar refractivity (Wildman–Crippen MR) is 96.1 cm³/mol. The first-order valence-electron chi connectivity index (χ1n) is 8.99. The maximum absolute atomic E-state index is 15.3. The van der Waals surface area contributed by atoms with Gasteiger partial charge < -0.3 is 14.7 Å². The molecule has 1 saturated carbocycles. The van der Waals surface area contributed by atoms with E-state index in [1.54, 1.807) is 0 Å². The van der Waals surface area contributed by atoms with Crippen molar-refractivity contribution in [3.8, 4) is 5.75 Å². The van der Waals surface area contributed by atoms with Gasteiger partial charge in [-0.2, -0.15) is 0 Å². The highest BCUT2D eigenvalue weighted by Crippen LogP contribution is 2.46. The summed E-state index contributed by atoms with van der Waals surface area (Å²) >= 11 is 0. The van der Waals surface area contributed by atoms with Crippen molar-refractivity contribution in [1.29, 1.82) is 0 Å². The summed E-state index contributed by atoms with van der Waals surface area (Å²) in [5.41, 5.74) is -1.54. The first-order chi connectivity index (χ1) is 13.2. The van der Waals surface area contributed by atoms with Gasteiger partial charge in [-0.15, -0.1) is 0 Å². The van der Waals surface area contributed by atoms with Gasteiger partial charge in [0.25, 0.3) is 11.5 Å². The molecule has 1 atom stereocenters. The van der Waals surface area contributed by atoms with E-state index in [0.717, 1.165) is 4.90 Å². The summed E-state index contributed by atoms with van der Waals surface area (Å²) in [7, 11) is 1.24. The fourth-order valence-electron chi connectivity index (χ4n) is 3.99. The molecule has 2 N–H and O–H groups in total. The molecule has 4 rings (SSSR count). The maximum Gasteiger partial charge on any atom is 0.329 e. The van der Waals surface area contributed by atoms with Gasteiger partial charge in [-0.3, -0.25) is 14.3 Å². The molecule has 10 heteroatoms. The summed E-state index contributed by atoms with van der Waals surface area (Å²) in [6.45, 7) is -0.451. The topological polar surface area (TPSA) is 87.6 Å². The minimum absolute atomic E-state index is 0.0331. The molecule has 2 heterocycles. The van der Waals surface area contributed by atoms with Gasteiger partial charge in [0, 0.05) is 18.2 Å². The van der Waals surface area contributed by atoms with Gasteiger partial charge in [0.2, 0.25) is 0 Å². The van der Waals surface area contributed by atoms with Crippen LogP contribution in [0, 0.1) is 18.7 Å². The molecule has 0 radical (unpaired) electrons. The van der Waals surface area contributed by atoms with Crippen LogP contribution in [0.1, 0.15) is 24.4 Å². The van der Waals surface area contributed by atoms with Crippen molar-refractivity contribution in [2.24, 2.45) is 5.92 Å². The Kier molecular flexibility index (Phi) is 4.22. The van der Waals surface area contributed by atoms with Gasteiger partial charge in [0.15, 0.2) is 11.6 Å². The smallest absolute Gasteiger partial charge is 0.329 e. The van der Waals surface area contributed by atoms with Crippen LogP contribution in [0.5, 0.6) is 5.75 Å². The third-order valence-electron chi connectivity index (χ3n) is 5.58. The van der Waals surface area contributed by atoms with Crippen LogP contribution in [0.25, 0.3) is 10.9 Å². The zero-order chi connectivity index (χ0) is 20.4. The van der Waals surface area contributed by atoms with Crippen LogP contribution in [0.3, 0.4) is 0 Å². The summed E-state index contributed by atoms with van der Waals surface area (Å²) in [4.78, 5) is 28.2. The molecule has 2 fully saturated rings. The van der Waals surface area contributed by atoms with Gasteiger partial charge in [0.1, 0.15) is 11.2 Å². The number of benzene rings is 1. The highest BCUT2D eigenvalue weighted by atomic mass is 19.3. The summed E-state index contributed by atoms with van der Waals surface area (Å²) in [6, 6.07) is -0.163. The third kappa shape index (κ3) is 2.61. The number of rotatable bonds is 4. The van der Waals surface area contributed by atoms with Crippen molar-refractivity contribution in [3.63, 3.8) is 0 Å². The Hall–Kier alpha value is -2.49. The lowest BCUT2D eigenvalue weighted by Gasteiger charge is -2.25. The van der Waals surface area contributed by atoms with Crippen LogP contribution in [0.2, 0.25) is 0 Å². The number of nitrogens with one attached hydrogen (secondary N) is 1. The molecule has 28 heavy (non-hydrogen) atoms. The van der Waals surface area contributed by atoms with Crippen LogP contribution >= 0.6 is 0 Å². The number of fused-ring (bicyclic) bond motifs is 1. The van der Waals surface area contributed by atoms with Gasteiger partial charge in [-0.05, 0) is 19.8 Å². The summed E-state index contributed by atoms with van der Waals surface area (Å²) in [5.74, 6) is -5.54. The molecule has 1 aromatic carbocycles. The van der Waals surface area contributed by atoms with Crippen molar-refractivity contribution in [2.45, 2.75) is 31.7 Å². The van der Waals surface area contributed by atoms with Crippen LogP contribution in [-0.2, 0) is 0 Å². The second-order valence-electron chi connectivity index (χ2n) is 7.43. The molecule has 0 amide bonds. The van der Waals surface area contributed by atoms with E-state index in [2.05, 4.69) is 4.98 Å². The van der Waals surface area contributed by atoms with E-state index in [0.29, 0.717) is 12.8 Å². The number of aromatic amines is 1. The van der Waals surface area contributed by atoms with Gasteiger partial charge in [0.05, 0.1) is 31.6 Å². The van der Waals surface area contributed by atoms with Crippen molar-refractivity contribution < 1.29 is 23.0 Å². The van der Waals surface area contributed by atoms with E-state index in [1.165, 1.54) is 18.6 Å². The Morgan fingerprint density at radius 3 is 2.54 bits per heavy atom. The van der Waals surface area contributed by atoms with Crippen molar-refractivity contribution in [1.82, 2.24) is 9.55 Å². The van der Waals surface area contributed by atoms with E-state index in [1.807, 2.05) is 0 Å². The maximum atomic E-state index is 15.3. The molecule has 7 nitrogen and oxygen atoms in total. The fourth-order valence-corrected chi connectivity index (χ4v) is 3.99. The number of ether oxygens (including phenoxy) is 1. The second kappa shape index (κ2) is 6.26. The van der Waals surface area contributed by atoms with Crippen LogP contribution in [0.15, 0.2) is 9.59 Å². The first-order valence-corrected chi connectivity index (χ1v) is 8.99. The number of nitrogens with zero attached hydrogens (tertiary/aromatic N) is 2. The zero-order valence-corrected chi connectivity index (χ0v) is 15.4. The quantitative estimate of drug-likeness (QED) is 0.815. The van der Waals surface area contributed by atoms with E-state index in [9.17, 15) is 23.5 Å². The molecule has 0 bridgehead atoms. The Morgan fingerprint density at radius 1 is 1.32 bits per heavy atom. The normalized spacial score (nSPS) is 21.5. The molecule has 2 aromatic rings. The lowest BCUT2D eigenvalue weighted by molar-refractivity contribution is -0.0391. The average molecular weight is 399 g/mol. The van der Waals surface area contributed by atoms with Crippen molar-refractivity contribution in [3.05, 3.63) is 32.2 Å². The Balaban J connectivity index is 2.06. The molecule has 2 aliphatic rings. The van der Waals surface area contributed by atoms with Crippen molar-refractivity contribution >= 4 is 16.6 Å². The number of H-pyrrole nitrogens is 1. The van der Waals surface area contributed by atoms with Crippen LogP contribution in [0.4, 0.5) is 18.9 Å². The largest absolute Gasteiger partial charge is 0.492 e. The SMILES string of the molecule is COc1c(N2CC(CO)C(F)(F)C2)c(F)c(C)c2c(=O)[nH]c(=O)n(C3CC3)c12. The molecular weight excluding hydrogens is 379 g/mol. The number of aliphatic hydroxyl groups is 1. The average Bonchev–Trinajstić information content (AvgIpc) is 3.40. The van der Waals surface area contributed by atoms with E-state index >= 15 is 4.39 Å². The van der Waals surface area contributed by atoms with Gasteiger partial charge >= 0.3 is 5.69 Å². The fraction of sp³-hybridized carbons (Fsp3) is 0.556. The number of aliphatic hydroxyl groups excluding tert-OH is 1. The van der Waals surface area contributed by atoms with E-state index in [-0.39, 0.29) is 40.5 Å². The second-order valence-corrected chi connectivity index (χ2v) is 7.43. The van der Waals surface area contributed by atoms with Crippen LogP contribution in [-0.4, -0.2) is 47.4 Å². The van der Waals surface area contributed by atoms with E-state index < -0.39 is 42.1 Å². The minimum Gasteiger partial charge on any atom is -0.492 e. The Morgan fingerprint density at radius 2 is 2.00 bits per heavy atom. The number of methoxy groups -OCH3 is 1. The third-order valence-corrected chi connectivity index (χ3v) is 5.58. The van der Waals surface area contributed by atoms with Gasteiger partial charge in [-0.1, -0.05) is 0 Å². The summed E-state index contributed by atoms with van der Waals surface area (Å²) in [5, 5.41) is 9.23.